The van der Waals surface area contributed by atoms with E-state index < -0.39 is 5.82 Å². The zero-order chi connectivity index (χ0) is 13.8. The van der Waals surface area contributed by atoms with E-state index in [9.17, 15) is 4.39 Å². The highest BCUT2D eigenvalue weighted by Gasteiger charge is 2.08. The van der Waals surface area contributed by atoms with Gasteiger partial charge in [0.05, 0.1) is 15.7 Å². The largest absolute Gasteiger partial charge is 0.357 e. The molecule has 0 unspecified atom stereocenters. The molecule has 0 saturated heterocycles. The monoisotopic (exact) mass is 321 g/mol. The molecule has 0 fully saturated rings. The van der Waals surface area contributed by atoms with Gasteiger partial charge in [-0.05, 0) is 34.1 Å². The molecule has 1 aromatic carbocycles. The Hall–Kier alpha value is -2.20. The van der Waals surface area contributed by atoms with Crippen molar-refractivity contribution in [3.05, 3.63) is 40.2 Å². The van der Waals surface area contributed by atoms with Crippen LogP contribution in [0.4, 0.5) is 21.8 Å². The number of rotatable bonds is 3. The second-order valence-electron chi connectivity index (χ2n) is 3.57. The maximum atomic E-state index is 13.0. The predicted octanol–water partition coefficient (Wildman–Crippen LogP) is 3.04. The first kappa shape index (κ1) is 13.2. The molecule has 19 heavy (non-hydrogen) atoms. The van der Waals surface area contributed by atoms with Gasteiger partial charge in [0, 0.05) is 13.2 Å². The van der Waals surface area contributed by atoms with E-state index in [0.717, 1.165) is 6.07 Å². The summed E-state index contributed by atoms with van der Waals surface area (Å²) in [6.07, 6.45) is 1.58. The lowest BCUT2D eigenvalue weighted by Gasteiger charge is -2.10. The maximum Gasteiger partial charge on any atom is 0.224 e. The summed E-state index contributed by atoms with van der Waals surface area (Å²) in [6.45, 7) is 0. The summed E-state index contributed by atoms with van der Waals surface area (Å²) in [6, 6.07) is 5.85. The van der Waals surface area contributed by atoms with Gasteiger partial charge >= 0.3 is 0 Å². The van der Waals surface area contributed by atoms with E-state index in [0.29, 0.717) is 21.9 Å². The molecule has 5 nitrogen and oxygen atoms in total. The summed E-state index contributed by atoms with van der Waals surface area (Å²) in [5, 5.41) is 14.8. The second kappa shape index (κ2) is 5.63. The predicted molar refractivity (Wildman–Crippen MR) is 73.7 cm³/mol. The van der Waals surface area contributed by atoms with Crippen LogP contribution in [0.1, 0.15) is 5.56 Å². The molecule has 0 saturated carbocycles. The number of nitrogens with one attached hydrogen (secondary N) is 2. The molecular formula is C12H9BrFN5. The zero-order valence-corrected chi connectivity index (χ0v) is 11.5. The molecule has 2 aromatic rings. The van der Waals surface area contributed by atoms with Crippen molar-refractivity contribution in [2.24, 2.45) is 0 Å². The molecule has 96 valence electrons. The molecule has 0 spiro atoms. The highest BCUT2D eigenvalue weighted by Crippen LogP contribution is 2.26. The first-order chi connectivity index (χ1) is 9.13. The molecule has 0 amide bonds. The Morgan fingerprint density at radius 1 is 1.42 bits per heavy atom. The summed E-state index contributed by atoms with van der Waals surface area (Å²) < 4.78 is 13.7. The van der Waals surface area contributed by atoms with Crippen LogP contribution in [0.25, 0.3) is 0 Å². The van der Waals surface area contributed by atoms with Gasteiger partial charge in [0.1, 0.15) is 17.7 Å². The lowest BCUT2D eigenvalue weighted by Crippen LogP contribution is -2.02. The Bertz CT molecular complexity index is 653. The van der Waals surface area contributed by atoms with Crippen molar-refractivity contribution in [1.82, 2.24) is 9.97 Å². The molecule has 0 aliphatic carbocycles. The van der Waals surface area contributed by atoms with Crippen molar-refractivity contribution in [2.75, 3.05) is 17.7 Å². The number of halogens is 2. The third kappa shape index (κ3) is 2.98. The van der Waals surface area contributed by atoms with Crippen LogP contribution in [-0.2, 0) is 0 Å². The van der Waals surface area contributed by atoms with Crippen molar-refractivity contribution in [3.8, 4) is 6.07 Å². The summed E-state index contributed by atoms with van der Waals surface area (Å²) in [7, 11) is 1.70. The van der Waals surface area contributed by atoms with Crippen LogP contribution >= 0.6 is 15.9 Å². The smallest absolute Gasteiger partial charge is 0.224 e. The Morgan fingerprint density at radius 3 is 2.89 bits per heavy atom. The van der Waals surface area contributed by atoms with Gasteiger partial charge in [0.15, 0.2) is 0 Å². The van der Waals surface area contributed by atoms with Gasteiger partial charge in [-0.25, -0.2) is 9.37 Å². The number of hydrogen-bond acceptors (Lipinski definition) is 5. The van der Waals surface area contributed by atoms with Crippen LogP contribution in [0.2, 0.25) is 0 Å². The SMILES string of the molecule is CNc1ncc(Br)c(Nc2ccc(F)cc2C#N)n1. The number of anilines is 3. The Labute approximate surface area is 117 Å². The van der Waals surface area contributed by atoms with Gasteiger partial charge in [-0.3, -0.25) is 0 Å². The molecular weight excluding hydrogens is 313 g/mol. The molecule has 0 aliphatic rings. The van der Waals surface area contributed by atoms with Gasteiger partial charge in [-0.1, -0.05) is 0 Å². The number of aromatic nitrogens is 2. The minimum atomic E-state index is -0.459. The fourth-order valence-corrected chi connectivity index (χ4v) is 1.71. The van der Waals surface area contributed by atoms with Crippen molar-refractivity contribution in [3.63, 3.8) is 0 Å². The average Bonchev–Trinajstić information content (AvgIpc) is 2.43. The standard InChI is InChI=1S/C12H9BrFN5/c1-16-12-17-6-9(13)11(19-12)18-10-3-2-8(14)4-7(10)5-15/h2-4,6H,1H3,(H2,16,17,18,19). The van der Waals surface area contributed by atoms with Crippen LogP contribution < -0.4 is 10.6 Å². The average molecular weight is 322 g/mol. The molecule has 2 rings (SSSR count). The number of benzene rings is 1. The van der Waals surface area contributed by atoms with Crippen molar-refractivity contribution in [1.29, 1.82) is 5.26 Å². The van der Waals surface area contributed by atoms with Gasteiger partial charge in [0.25, 0.3) is 0 Å². The summed E-state index contributed by atoms with van der Waals surface area (Å²) >= 11 is 3.31. The number of nitrogens with zero attached hydrogens (tertiary/aromatic N) is 3. The van der Waals surface area contributed by atoms with Crippen LogP contribution in [0, 0.1) is 17.1 Å². The third-order valence-electron chi connectivity index (χ3n) is 2.32. The highest BCUT2D eigenvalue weighted by atomic mass is 79.9. The van der Waals surface area contributed by atoms with Crippen molar-refractivity contribution < 1.29 is 4.39 Å². The fourth-order valence-electron chi connectivity index (χ4n) is 1.42. The van der Waals surface area contributed by atoms with Gasteiger partial charge < -0.3 is 10.6 Å². The van der Waals surface area contributed by atoms with Crippen LogP contribution in [0.3, 0.4) is 0 Å². The second-order valence-corrected chi connectivity index (χ2v) is 4.42. The fraction of sp³-hybridized carbons (Fsp3) is 0.0833. The van der Waals surface area contributed by atoms with Crippen molar-refractivity contribution in [2.45, 2.75) is 0 Å². The molecule has 2 N–H and O–H groups in total. The van der Waals surface area contributed by atoms with E-state index in [1.807, 2.05) is 6.07 Å². The van der Waals surface area contributed by atoms with E-state index >= 15 is 0 Å². The molecule has 0 atom stereocenters. The molecule has 1 aromatic heterocycles. The minimum absolute atomic E-state index is 0.205. The topological polar surface area (TPSA) is 73.6 Å². The Morgan fingerprint density at radius 2 is 2.21 bits per heavy atom. The quantitative estimate of drug-likeness (QED) is 0.909. The maximum absolute atomic E-state index is 13.0. The lowest BCUT2D eigenvalue weighted by atomic mass is 10.2. The van der Waals surface area contributed by atoms with E-state index in [4.69, 9.17) is 5.26 Å². The summed E-state index contributed by atoms with van der Waals surface area (Å²) in [4.78, 5) is 8.22. The first-order valence-corrected chi connectivity index (χ1v) is 6.10. The molecule has 0 aliphatic heterocycles. The molecule has 0 bridgehead atoms. The zero-order valence-electron chi connectivity index (χ0n) is 9.91. The van der Waals surface area contributed by atoms with E-state index in [2.05, 4.69) is 36.5 Å². The van der Waals surface area contributed by atoms with Gasteiger partial charge in [0.2, 0.25) is 5.95 Å². The van der Waals surface area contributed by atoms with E-state index in [1.54, 1.807) is 13.2 Å². The van der Waals surface area contributed by atoms with E-state index in [1.165, 1.54) is 12.1 Å². The van der Waals surface area contributed by atoms with Crippen molar-refractivity contribution >= 4 is 33.4 Å². The van der Waals surface area contributed by atoms with Crippen LogP contribution in [-0.4, -0.2) is 17.0 Å². The first-order valence-electron chi connectivity index (χ1n) is 5.31. The van der Waals surface area contributed by atoms with Crippen LogP contribution in [0.5, 0.6) is 0 Å². The molecule has 1 heterocycles. The molecule has 0 radical (unpaired) electrons. The number of hydrogen-bond donors (Lipinski definition) is 2. The lowest BCUT2D eigenvalue weighted by molar-refractivity contribution is 0.627. The van der Waals surface area contributed by atoms with Gasteiger partial charge in [-0.2, -0.15) is 10.2 Å². The molecule has 7 heteroatoms. The Balaban J connectivity index is 2.39. The normalized spacial score (nSPS) is 9.79. The highest BCUT2D eigenvalue weighted by molar-refractivity contribution is 9.10. The number of nitriles is 1. The third-order valence-corrected chi connectivity index (χ3v) is 2.90. The van der Waals surface area contributed by atoms with Gasteiger partial charge in [-0.15, -0.1) is 0 Å². The van der Waals surface area contributed by atoms with E-state index in [-0.39, 0.29) is 5.56 Å². The summed E-state index contributed by atoms with van der Waals surface area (Å²) in [5.41, 5.74) is 0.682. The Kier molecular flexibility index (Phi) is 3.92. The van der Waals surface area contributed by atoms with Crippen LogP contribution in [0.15, 0.2) is 28.9 Å². The summed E-state index contributed by atoms with van der Waals surface area (Å²) in [5.74, 6) is 0.466. The minimum Gasteiger partial charge on any atom is -0.357 e.